The van der Waals surface area contributed by atoms with Gasteiger partial charge < -0.3 is 10.0 Å². The molecule has 0 aliphatic rings. The van der Waals surface area contributed by atoms with E-state index in [1.54, 1.807) is 6.07 Å². The van der Waals surface area contributed by atoms with Crippen molar-refractivity contribution < 1.29 is 14.4 Å². The highest BCUT2D eigenvalue weighted by molar-refractivity contribution is 6.58. The molecule has 3 nitrogen and oxygen atoms in total. The lowest BCUT2D eigenvalue weighted by Gasteiger charge is -1.99. The van der Waals surface area contributed by atoms with Gasteiger partial charge in [-0.25, -0.2) is 4.39 Å². The maximum Gasteiger partial charge on any atom is 0.488 e. The Hall–Kier alpha value is -1.38. The van der Waals surface area contributed by atoms with E-state index in [9.17, 15) is 4.39 Å². The maximum absolute atomic E-state index is 12.6. The molecule has 14 heavy (non-hydrogen) atoms. The molecular formula is C9H11BFNO2. The van der Waals surface area contributed by atoms with Gasteiger partial charge in [-0.3, -0.25) is 0 Å². The van der Waals surface area contributed by atoms with Crippen molar-refractivity contribution in [3.63, 3.8) is 0 Å². The van der Waals surface area contributed by atoms with Gasteiger partial charge in [0.15, 0.2) is 0 Å². The highest BCUT2D eigenvalue weighted by Crippen LogP contribution is 2.02. The molecule has 1 aromatic rings. The molecule has 0 aromatic heterocycles. The molecule has 0 aliphatic heterocycles. The van der Waals surface area contributed by atoms with Crippen molar-refractivity contribution in [2.45, 2.75) is 13.8 Å². The highest BCUT2D eigenvalue weighted by atomic mass is 19.1. The predicted octanol–water partition coefficient (Wildman–Crippen LogP) is 0.403. The normalized spacial score (nSPS) is 8.29. The minimum Gasteiger partial charge on any atom is -0.423 e. The topological polar surface area (TPSA) is 64.2 Å². The Morgan fingerprint density at radius 2 is 1.93 bits per heavy atom. The Morgan fingerprint density at radius 3 is 2.36 bits per heavy atom. The van der Waals surface area contributed by atoms with Crippen molar-refractivity contribution in [2.75, 3.05) is 0 Å². The van der Waals surface area contributed by atoms with Crippen LogP contribution in [-0.2, 0) is 0 Å². The number of hydrogen-bond donors (Lipinski definition) is 2. The molecule has 0 unspecified atom stereocenters. The summed E-state index contributed by atoms with van der Waals surface area (Å²) in [5.74, 6) is -0.665. The van der Waals surface area contributed by atoms with Crippen molar-refractivity contribution in [3.8, 4) is 6.07 Å². The van der Waals surface area contributed by atoms with Crippen molar-refractivity contribution in [1.29, 1.82) is 5.26 Å². The summed E-state index contributed by atoms with van der Waals surface area (Å²) in [7, 11) is -1.67. The average Bonchev–Trinajstić information content (AvgIpc) is 2.21. The fourth-order valence-electron chi connectivity index (χ4n) is 0.789. The van der Waals surface area contributed by atoms with E-state index in [4.69, 9.17) is 15.3 Å². The van der Waals surface area contributed by atoms with Gasteiger partial charge in [0.2, 0.25) is 0 Å². The van der Waals surface area contributed by atoms with Crippen LogP contribution in [0.1, 0.15) is 19.4 Å². The summed E-state index contributed by atoms with van der Waals surface area (Å²) in [6.07, 6.45) is 0. The number of hydrogen-bond acceptors (Lipinski definition) is 3. The number of nitriles is 1. The standard InChI is InChI=1S/C7H5BFNO2.C2H6/c9-7-2-1-6(8(11)12)3-5(7)4-10;1-2/h1-3,11-12H;1-2H3. The molecule has 2 N–H and O–H groups in total. The minimum atomic E-state index is -1.67. The fraction of sp³-hybridized carbons (Fsp3) is 0.222. The van der Waals surface area contributed by atoms with Crippen LogP contribution in [0.15, 0.2) is 18.2 Å². The zero-order valence-electron chi connectivity index (χ0n) is 8.03. The van der Waals surface area contributed by atoms with Crippen LogP contribution in [0.4, 0.5) is 4.39 Å². The molecule has 0 aliphatic carbocycles. The Balaban J connectivity index is 0.000000791. The monoisotopic (exact) mass is 195 g/mol. The molecule has 0 spiro atoms. The SMILES string of the molecule is CC.N#Cc1cc(B(O)O)ccc1F. The molecule has 0 amide bonds. The van der Waals surface area contributed by atoms with Gasteiger partial charge in [0.05, 0.1) is 5.56 Å². The van der Waals surface area contributed by atoms with Gasteiger partial charge >= 0.3 is 7.12 Å². The molecule has 0 saturated carbocycles. The van der Waals surface area contributed by atoms with Crippen LogP contribution in [0.5, 0.6) is 0 Å². The van der Waals surface area contributed by atoms with E-state index >= 15 is 0 Å². The number of halogens is 1. The minimum absolute atomic E-state index is 0.105. The van der Waals surface area contributed by atoms with Crippen LogP contribution in [0.25, 0.3) is 0 Å². The molecule has 0 atom stereocenters. The molecule has 0 heterocycles. The number of benzene rings is 1. The third kappa shape index (κ3) is 3.17. The van der Waals surface area contributed by atoms with Crippen LogP contribution in [-0.4, -0.2) is 17.2 Å². The summed E-state index contributed by atoms with van der Waals surface area (Å²) in [5.41, 5.74) is -0.0893. The Bertz CT molecular complexity index is 336. The van der Waals surface area contributed by atoms with E-state index < -0.39 is 12.9 Å². The second-order valence-corrected chi connectivity index (χ2v) is 2.22. The van der Waals surface area contributed by atoms with Crippen molar-refractivity contribution >= 4 is 12.6 Å². The highest BCUT2D eigenvalue weighted by Gasteiger charge is 2.12. The third-order valence-electron chi connectivity index (χ3n) is 1.41. The summed E-state index contributed by atoms with van der Waals surface area (Å²) in [4.78, 5) is 0. The first-order chi connectivity index (χ1) is 6.65. The van der Waals surface area contributed by atoms with E-state index in [2.05, 4.69) is 0 Å². The quantitative estimate of drug-likeness (QED) is 0.637. The first-order valence-electron chi connectivity index (χ1n) is 4.21. The summed E-state index contributed by atoms with van der Waals surface area (Å²) >= 11 is 0. The van der Waals surface area contributed by atoms with Gasteiger partial charge in [-0.15, -0.1) is 0 Å². The molecule has 0 bridgehead atoms. The van der Waals surface area contributed by atoms with E-state index in [1.807, 2.05) is 13.8 Å². The molecule has 0 fully saturated rings. The van der Waals surface area contributed by atoms with Crippen molar-refractivity contribution in [2.24, 2.45) is 0 Å². The smallest absolute Gasteiger partial charge is 0.423 e. The average molecular weight is 195 g/mol. The Morgan fingerprint density at radius 1 is 1.36 bits per heavy atom. The molecule has 5 heteroatoms. The zero-order chi connectivity index (χ0) is 11.1. The summed E-state index contributed by atoms with van der Waals surface area (Å²) in [5, 5.41) is 25.7. The van der Waals surface area contributed by atoms with Gasteiger partial charge in [0.25, 0.3) is 0 Å². The van der Waals surface area contributed by atoms with E-state index in [1.165, 1.54) is 6.07 Å². The second kappa shape index (κ2) is 6.14. The predicted molar refractivity (Wildman–Crippen MR) is 52.3 cm³/mol. The molecule has 1 aromatic carbocycles. The number of nitrogens with zero attached hydrogens (tertiary/aromatic N) is 1. The lowest BCUT2D eigenvalue weighted by atomic mass is 9.80. The number of rotatable bonds is 1. The fourth-order valence-corrected chi connectivity index (χ4v) is 0.789. The van der Waals surface area contributed by atoms with E-state index in [0.717, 1.165) is 12.1 Å². The Labute approximate surface area is 82.6 Å². The van der Waals surface area contributed by atoms with Crippen LogP contribution in [0, 0.1) is 17.1 Å². The Kier molecular flexibility index (Phi) is 5.53. The van der Waals surface area contributed by atoms with Crippen molar-refractivity contribution in [1.82, 2.24) is 0 Å². The van der Waals surface area contributed by atoms with E-state index in [0.29, 0.717) is 0 Å². The van der Waals surface area contributed by atoms with Crippen LogP contribution < -0.4 is 5.46 Å². The molecule has 1 rings (SSSR count). The van der Waals surface area contributed by atoms with Gasteiger partial charge in [0, 0.05) is 0 Å². The maximum atomic E-state index is 12.6. The molecule has 0 radical (unpaired) electrons. The molecule has 0 saturated heterocycles. The summed E-state index contributed by atoms with van der Waals surface area (Å²) < 4.78 is 12.6. The van der Waals surface area contributed by atoms with Gasteiger partial charge in [0.1, 0.15) is 11.9 Å². The summed E-state index contributed by atoms with van der Waals surface area (Å²) in [6.45, 7) is 4.00. The van der Waals surface area contributed by atoms with Crippen molar-refractivity contribution in [3.05, 3.63) is 29.6 Å². The molecular weight excluding hydrogens is 184 g/mol. The van der Waals surface area contributed by atoms with Crippen LogP contribution in [0.3, 0.4) is 0 Å². The van der Waals surface area contributed by atoms with E-state index in [-0.39, 0.29) is 11.0 Å². The van der Waals surface area contributed by atoms with Crippen LogP contribution >= 0.6 is 0 Å². The van der Waals surface area contributed by atoms with Gasteiger partial charge in [-0.05, 0) is 17.6 Å². The van der Waals surface area contributed by atoms with Gasteiger partial charge in [-0.2, -0.15) is 5.26 Å². The summed E-state index contributed by atoms with van der Waals surface area (Å²) in [6, 6.07) is 4.92. The second-order valence-electron chi connectivity index (χ2n) is 2.22. The van der Waals surface area contributed by atoms with Gasteiger partial charge in [-0.1, -0.05) is 19.9 Å². The first kappa shape index (κ1) is 12.6. The zero-order valence-corrected chi connectivity index (χ0v) is 8.03. The lowest BCUT2D eigenvalue weighted by Crippen LogP contribution is -2.30. The van der Waals surface area contributed by atoms with Crippen LogP contribution in [0.2, 0.25) is 0 Å². The molecule has 74 valence electrons. The third-order valence-corrected chi connectivity index (χ3v) is 1.41. The first-order valence-corrected chi connectivity index (χ1v) is 4.21. The lowest BCUT2D eigenvalue weighted by molar-refractivity contribution is 0.425. The largest absolute Gasteiger partial charge is 0.488 e.